The molecule has 4 rings (SSSR count). The van der Waals surface area contributed by atoms with E-state index >= 15 is 0 Å². The van der Waals surface area contributed by atoms with E-state index in [1.807, 2.05) is 0 Å². The van der Waals surface area contributed by atoms with E-state index in [1.54, 1.807) is 0 Å². The van der Waals surface area contributed by atoms with Gasteiger partial charge < -0.3 is 30.0 Å². The molecule has 0 aromatic heterocycles. The van der Waals surface area contributed by atoms with Gasteiger partial charge in [0.15, 0.2) is 0 Å². The number of carbonyl (C=O) groups is 2. The van der Waals surface area contributed by atoms with Gasteiger partial charge in [0.2, 0.25) is 0 Å². The third kappa shape index (κ3) is 19.7. The monoisotopic (exact) mass is 1030 g/mol. The third-order valence-electron chi connectivity index (χ3n) is 5.93. The molecule has 0 bridgehead atoms. The van der Waals surface area contributed by atoms with E-state index in [4.69, 9.17) is 10.2 Å². The zero-order valence-corrected chi connectivity index (χ0v) is 31.8. The number of aliphatic hydroxyl groups excluding tert-OH is 2. The van der Waals surface area contributed by atoms with Gasteiger partial charge >= 0.3 is 222 Å². The first-order valence-electron chi connectivity index (χ1n) is 14.8. The van der Waals surface area contributed by atoms with Crippen molar-refractivity contribution in [1.29, 1.82) is 0 Å². The second kappa shape index (κ2) is 28.1. The molecule has 6 nitrogen and oxygen atoms in total. The molecule has 0 amide bonds. The fraction of sp³-hybridized carbons (Fsp3) is 0.278. The van der Waals surface area contributed by atoms with Crippen LogP contribution in [0.15, 0.2) is 121 Å². The molecule has 0 radical (unpaired) electrons. The van der Waals surface area contributed by atoms with Gasteiger partial charge in [-0.3, -0.25) is 0 Å². The topological polar surface area (TPSA) is 121 Å². The quantitative estimate of drug-likeness (QED) is 0.148. The van der Waals surface area contributed by atoms with Crippen molar-refractivity contribution >= 4 is 49.0 Å². The van der Waals surface area contributed by atoms with Gasteiger partial charge in [0.1, 0.15) is 0 Å². The van der Waals surface area contributed by atoms with Crippen molar-refractivity contribution in [2.45, 2.75) is 35.0 Å². The Labute approximate surface area is 301 Å². The zero-order valence-electron chi connectivity index (χ0n) is 25.6. The molecule has 10 heteroatoms. The Balaban J connectivity index is 0.000000331. The molecule has 0 aliphatic rings. The van der Waals surface area contributed by atoms with E-state index in [0.29, 0.717) is 12.8 Å². The molecule has 0 heterocycles. The number of rotatable bonds is 14. The molecule has 0 aliphatic carbocycles. The van der Waals surface area contributed by atoms with Crippen LogP contribution in [-0.2, 0) is 51.7 Å². The van der Waals surface area contributed by atoms with E-state index in [-0.39, 0.29) is 41.9 Å². The number of hydrogen-bond acceptors (Lipinski definition) is 6. The van der Waals surface area contributed by atoms with Crippen molar-refractivity contribution in [3.8, 4) is 0 Å². The Hall–Kier alpha value is -1.92. The molecular formula is C36H42Au2O6P2. The maximum atomic E-state index is 9.54. The number of carbonyl (C=O) groups excluding carboxylic acids is 2. The fourth-order valence-electron chi connectivity index (χ4n) is 3.83. The minimum absolute atomic E-state index is 0.0451. The zero-order chi connectivity index (χ0) is 33.8. The van der Waals surface area contributed by atoms with Gasteiger partial charge in [-0.15, -0.1) is 0 Å². The van der Waals surface area contributed by atoms with Crippen LogP contribution in [0.1, 0.15) is 25.7 Å². The van der Waals surface area contributed by atoms with Crippen LogP contribution < -0.4 is 31.4 Å². The van der Waals surface area contributed by atoms with Crippen molar-refractivity contribution < 1.29 is 72.1 Å². The molecule has 46 heavy (non-hydrogen) atoms. The summed E-state index contributed by atoms with van der Waals surface area (Å²) < 4.78 is 2.38. The van der Waals surface area contributed by atoms with Gasteiger partial charge in [0.05, 0.1) is 0 Å². The van der Waals surface area contributed by atoms with E-state index in [9.17, 15) is 19.8 Å². The Morgan fingerprint density at radius 3 is 0.891 bits per heavy atom. The molecule has 0 aliphatic heterocycles. The van der Waals surface area contributed by atoms with Crippen LogP contribution in [0.5, 0.6) is 0 Å². The van der Waals surface area contributed by atoms with Gasteiger partial charge in [0.25, 0.3) is 0 Å². The summed E-state index contributed by atoms with van der Waals surface area (Å²) in [5, 5.41) is 41.0. The second-order valence-electron chi connectivity index (χ2n) is 9.35. The predicted molar refractivity (Wildman–Crippen MR) is 180 cm³/mol. The van der Waals surface area contributed by atoms with Crippen molar-refractivity contribution in [2.24, 2.45) is 0 Å². The van der Waals surface area contributed by atoms with Gasteiger partial charge in [-0.2, -0.15) is 0 Å². The molecule has 0 unspecified atom stereocenters. The molecular weight excluding hydrogens is 984 g/mol. The molecule has 0 fully saturated rings. The van der Waals surface area contributed by atoms with Crippen molar-refractivity contribution in [3.63, 3.8) is 0 Å². The van der Waals surface area contributed by atoms with Crippen LogP contribution >= 0.6 is 15.8 Å². The molecule has 4 aromatic carbocycles. The molecule has 254 valence electrons. The summed E-state index contributed by atoms with van der Waals surface area (Å²) in [7, 11) is -0.330. The first-order chi connectivity index (χ1) is 22.4. The van der Waals surface area contributed by atoms with Crippen LogP contribution in [0.25, 0.3) is 0 Å². The summed E-state index contributed by atoms with van der Waals surface area (Å²) in [6.45, 7) is -0.151. The maximum absolute atomic E-state index is 9.54. The molecule has 0 saturated heterocycles. The SMILES string of the molecule is O=C([O-])CCCO.O=C([O-])CCCO.[Au+][CH2]CP(c1ccccc1)c1ccccc1.[Au+][CH2]CP(c1ccccc1)c1ccccc1. The van der Waals surface area contributed by atoms with Crippen LogP contribution in [0.2, 0.25) is 9.28 Å². The van der Waals surface area contributed by atoms with Gasteiger partial charge in [-0.05, 0) is 25.7 Å². The summed E-state index contributed by atoms with van der Waals surface area (Å²) in [5.74, 6) is -2.21. The number of aliphatic hydroxyl groups is 2. The van der Waals surface area contributed by atoms with E-state index in [1.165, 1.54) is 42.8 Å². The Morgan fingerprint density at radius 2 is 0.739 bits per heavy atom. The Morgan fingerprint density at radius 1 is 0.500 bits per heavy atom. The molecule has 0 atom stereocenters. The summed E-state index contributed by atoms with van der Waals surface area (Å²) in [4.78, 5) is 19.1. The summed E-state index contributed by atoms with van der Waals surface area (Å²) in [6, 6.07) is 43.5. The average Bonchev–Trinajstić information content (AvgIpc) is 3.10. The van der Waals surface area contributed by atoms with E-state index < -0.39 is 11.9 Å². The number of hydrogen-bond donors (Lipinski definition) is 2. The number of carboxylic acid groups (broad SMARTS) is 2. The van der Waals surface area contributed by atoms with E-state index in [2.05, 4.69) is 163 Å². The molecule has 4 aromatic rings. The van der Waals surface area contributed by atoms with Crippen LogP contribution in [0.4, 0.5) is 0 Å². The van der Waals surface area contributed by atoms with Crippen LogP contribution in [0, 0.1) is 0 Å². The predicted octanol–water partition coefficient (Wildman–Crippen LogP) is 3.19. The number of benzene rings is 4. The molecule has 0 saturated carbocycles. The molecule has 2 N–H and O–H groups in total. The normalized spacial score (nSPS) is 10.1. The van der Waals surface area contributed by atoms with Crippen molar-refractivity contribution in [3.05, 3.63) is 121 Å². The van der Waals surface area contributed by atoms with Gasteiger partial charge in [-0.25, -0.2) is 0 Å². The Kier molecular flexibility index (Phi) is 25.7. The van der Waals surface area contributed by atoms with Crippen molar-refractivity contribution in [1.82, 2.24) is 0 Å². The van der Waals surface area contributed by atoms with Crippen LogP contribution in [0.3, 0.4) is 0 Å². The number of aliphatic carboxylic acids is 2. The standard InChI is InChI=1S/2C14H14P.2C4H8O3.2Au/c2*1-2-15(13-9-5-3-6-10-13)14-11-7-4-8-12-14;2*5-3-1-2-4(6)7;;/h2*3-12H,1-2H2;2*5H,1-3H2,(H,6,7);;/q;;;;2*+1/p-2. The third-order valence-corrected chi connectivity index (χ3v) is 13.7. The van der Waals surface area contributed by atoms with E-state index in [0.717, 1.165) is 0 Å². The van der Waals surface area contributed by atoms with Crippen LogP contribution in [-0.4, -0.2) is 47.7 Å². The fourth-order valence-corrected chi connectivity index (χ4v) is 10.8. The summed E-state index contributed by atoms with van der Waals surface area (Å²) >= 11 is 5.30. The summed E-state index contributed by atoms with van der Waals surface area (Å²) in [5.41, 5.74) is 0. The number of carboxylic acids is 2. The second-order valence-corrected chi connectivity index (χ2v) is 16.2. The average molecular weight is 1030 g/mol. The first kappa shape index (κ1) is 42.1. The first-order valence-corrected chi connectivity index (χ1v) is 20.9. The summed E-state index contributed by atoms with van der Waals surface area (Å²) in [6.07, 6.45) is 3.01. The Bertz CT molecular complexity index is 1120. The minimum atomic E-state index is -1.10. The van der Waals surface area contributed by atoms with Crippen molar-refractivity contribution in [2.75, 3.05) is 25.5 Å². The van der Waals surface area contributed by atoms with Gasteiger partial charge in [-0.1, -0.05) is 0 Å². The molecule has 0 spiro atoms. The van der Waals surface area contributed by atoms with Gasteiger partial charge in [0, 0.05) is 25.2 Å².